The highest BCUT2D eigenvalue weighted by molar-refractivity contribution is 6.42. The molecule has 2 heterocycles. The van der Waals surface area contributed by atoms with Gasteiger partial charge < -0.3 is 4.90 Å². The third-order valence-corrected chi connectivity index (χ3v) is 5.58. The topological polar surface area (TPSA) is 6.48 Å². The number of rotatable bonds is 5. The van der Waals surface area contributed by atoms with Gasteiger partial charge in [0.05, 0.1) is 10.0 Å². The zero-order valence-electron chi connectivity index (χ0n) is 12.5. The molecule has 0 unspecified atom stereocenters. The molecular weight excluding hydrogens is 303 g/mol. The van der Waals surface area contributed by atoms with Crippen LogP contribution in [0.25, 0.3) is 0 Å². The Labute approximate surface area is 138 Å². The number of likely N-dealkylation sites (tertiary alicyclic amines) is 2. The molecule has 2 aliphatic heterocycles. The lowest BCUT2D eigenvalue weighted by Gasteiger charge is -2.28. The lowest BCUT2D eigenvalue weighted by Crippen LogP contribution is -2.40. The highest BCUT2D eigenvalue weighted by atomic mass is 35.5. The van der Waals surface area contributed by atoms with Crippen LogP contribution in [0.2, 0.25) is 10.0 Å². The minimum Gasteiger partial charge on any atom is -0.302 e. The summed E-state index contributed by atoms with van der Waals surface area (Å²) in [6.07, 6.45) is 6.54. The Balaban J connectivity index is 1.52. The van der Waals surface area contributed by atoms with E-state index in [1.165, 1.54) is 57.4 Å². The third-order valence-electron chi connectivity index (χ3n) is 4.84. The molecule has 0 saturated carbocycles. The number of halogens is 2. The van der Waals surface area contributed by atoms with Crippen molar-refractivity contribution in [3.63, 3.8) is 0 Å². The molecule has 1 aromatic rings. The van der Waals surface area contributed by atoms with E-state index in [1.807, 2.05) is 12.1 Å². The van der Waals surface area contributed by atoms with Crippen LogP contribution in [-0.4, -0.2) is 48.6 Å². The zero-order chi connectivity index (χ0) is 14.7. The van der Waals surface area contributed by atoms with E-state index < -0.39 is 0 Å². The van der Waals surface area contributed by atoms with Gasteiger partial charge in [0.15, 0.2) is 0 Å². The van der Waals surface area contributed by atoms with Crippen LogP contribution in [0.15, 0.2) is 18.2 Å². The molecule has 0 bridgehead atoms. The summed E-state index contributed by atoms with van der Waals surface area (Å²) in [5.41, 5.74) is 1.29. The normalized spacial score (nSPS) is 24.0. The molecule has 0 radical (unpaired) electrons. The van der Waals surface area contributed by atoms with Gasteiger partial charge in [0.1, 0.15) is 0 Å². The van der Waals surface area contributed by atoms with Gasteiger partial charge in [-0.15, -0.1) is 0 Å². The molecule has 4 heteroatoms. The van der Waals surface area contributed by atoms with Crippen LogP contribution in [0.3, 0.4) is 0 Å². The summed E-state index contributed by atoms with van der Waals surface area (Å²) in [4.78, 5) is 5.31. The average molecular weight is 327 g/mol. The van der Waals surface area contributed by atoms with Crippen LogP contribution in [0, 0.1) is 0 Å². The highest BCUT2D eigenvalue weighted by Crippen LogP contribution is 2.24. The van der Waals surface area contributed by atoms with Crippen molar-refractivity contribution >= 4 is 23.2 Å². The molecule has 21 heavy (non-hydrogen) atoms. The molecule has 3 rings (SSSR count). The fourth-order valence-corrected chi connectivity index (χ4v) is 3.95. The number of hydrogen-bond acceptors (Lipinski definition) is 2. The van der Waals surface area contributed by atoms with Crippen LogP contribution >= 0.6 is 23.2 Å². The number of nitrogens with zero attached hydrogens (tertiary/aromatic N) is 2. The predicted molar refractivity (Wildman–Crippen MR) is 90.4 cm³/mol. The first-order chi connectivity index (χ1) is 10.2. The van der Waals surface area contributed by atoms with Crippen molar-refractivity contribution in [1.82, 2.24) is 9.80 Å². The molecule has 1 atom stereocenters. The molecular formula is C17H24Cl2N2. The van der Waals surface area contributed by atoms with Crippen molar-refractivity contribution in [3.8, 4) is 0 Å². The molecule has 2 fully saturated rings. The molecule has 0 aliphatic carbocycles. The fourth-order valence-electron chi connectivity index (χ4n) is 3.63. The van der Waals surface area contributed by atoms with Crippen molar-refractivity contribution in [2.24, 2.45) is 0 Å². The smallest absolute Gasteiger partial charge is 0.0595 e. The maximum Gasteiger partial charge on any atom is 0.0595 e. The van der Waals surface area contributed by atoms with Crippen LogP contribution in [0.5, 0.6) is 0 Å². The molecule has 2 aliphatic rings. The molecule has 116 valence electrons. The van der Waals surface area contributed by atoms with Crippen molar-refractivity contribution in [2.45, 2.75) is 38.1 Å². The van der Waals surface area contributed by atoms with Gasteiger partial charge in [0, 0.05) is 19.1 Å². The van der Waals surface area contributed by atoms with E-state index in [-0.39, 0.29) is 0 Å². The van der Waals surface area contributed by atoms with Gasteiger partial charge in [-0.2, -0.15) is 0 Å². The fraction of sp³-hybridized carbons (Fsp3) is 0.647. The van der Waals surface area contributed by atoms with E-state index in [0.29, 0.717) is 10.0 Å². The van der Waals surface area contributed by atoms with Crippen molar-refractivity contribution in [3.05, 3.63) is 33.8 Å². The van der Waals surface area contributed by atoms with Gasteiger partial charge >= 0.3 is 0 Å². The van der Waals surface area contributed by atoms with Gasteiger partial charge in [0.2, 0.25) is 0 Å². The minimum atomic E-state index is 0.647. The maximum atomic E-state index is 6.10. The molecule has 0 aromatic heterocycles. The van der Waals surface area contributed by atoms with E-state index in [1.54, 1.807) is 0 Å². The molecule has 1 aromatic carbocycles. The van der Waals surface area contributed by atoms with E-state index >= 15 is 0 Å². The Hall–Kier alpha value is -0.280. The van der Waals surface area contributed by atoms with Gasteiger partial charge in [-0.25, -0.2) is 0 Å². The van der Waals surface area contributed by atoms with Crippen molar-refractivity contribution in [1.29, 1.82) is 0 Å². The van der Waals surface area contributed by atoms with Gasteiger partial charge in [-0.1, -0.05) is 29.3 Å². The molecule has 0 N–H and O–H groups in total. The van der Waals surface area contributed by atoms with Crippen LogP contribution in [0.4, 0.5) is 0 Å². The Kier molecular flexibility index (Phi) is 5.44. The van der Waals surface area contributed by atoms with Crippen molar-refractivity contribution in [2.75, 3.05) is 32.7 Å². The standard InChI is InChI=1S/C17H24Cl2N2/c18-16-6-5-14(12-17(16)19)7-11-21-10-3-4-15(21)13-20-8-1-2-9-20/h5-6,12,15H,1-4,7-11,13H2/t15-/m1/s1. The first-order valence-corrected chi connectivity index (χ1v) is 8.88. The molecule has 2 nitrogen and oxygen atoms in total. The van der Waals surface area contributed by atoms with Crippen molar-refractivity contribution < 1.29 is 0 Å². The molecule has 0 spiro atoms. The second-order valence-electron chi connectivity index (χ2n) is 6.34. The maximum absolute atomic E-state index is 6.10. The summed E-state index contributed by atoms with van der Waals surface area (Å²) in [6.45, 7) is 6.26. The monoisotopic (exact) mass is 326 g/mol. The molecule has 0 amide bonds. The Morgan fingerprint density at radius 1 is 1.00 bits per heavy atom. The number of benzene rings is 1. The van der Waals surface area contributed by atoms with E-state index in [2.05, 4.69) is 15.9 Å². The summed E-state index contributed by atoms with van der Waals surface area (Å²) < 4.78 is 0. The van der Waals surface area contributed by atoms with E-state index in [9.17, 15) is 0 Å². The first kappa shape index (κ1) is 15.6. The Bertz CT molecular complexity index is 472. The second-order valence-corrected chi connectivity index (χ2v) is 7.15. The first-order valence-electron chi connectivity index (χ1n) is 8.13. The quantitative estimate of drug-likeness (QED) is 0.803. The minimum absolute atomic E-state index is 0.647. The number of hydrogen-bond donors (Lipinski definition) is 0. The van der Waals surface area contributed by atoms with Gasteiger partial charge in [-0.05, 0) is 69.4 Å². The summed E-state index contributed by atoms with van der Waals surface area (Å²) >= 11 is 12.1. The summed E-state index contributed by atoms with van der Waals surface area (Å²) in [5, 5.41) is 1.32. The largest absolute Gasteiger partial charge is 0.302 e. The Morgan fingerprint density at radius 3 is 2.57 bits per heavy atom. The van der Waals surface area contributed by atoms with E-state index in [0.717, 1.165) is 19.0 Å². The summed E-state index contributed by atoms with van der Waals surface area (Å²) in [5.74, 6) is 0. The third kappa shape index (κ3) is 4.13. The van der Waals surface area contributed by atoms with Crippen LogP contribution in [0.1, 0.15) is 31.2 Å². The zero-order valence-corrected chi connectivity index (χ0v) is 14.0. The SMILES string of the molecule is Clc1ccc(CCN2CCC[C@@H]2CN2CCCC2)cc1Cl. The Morgan fingerprint density at radius 2 is 1.81 bits per heavy atom. The second kappa shape index (κ2) is 7.32. The summed E-state index contributed by atoms with van der Waals surface area (Å²) in [7, 11) is 0. The lowest BCUT2D eigenvalue weighted by atomic mass is 10.1. The highest BCUT2D eigenvalue weighted by Gasteiger charge is 2.26. The van der Waals surface area contributed by atoms with Gasteiger partial charge in [-0.3, -0.25) is 4.90 Å². The molecule has 2 saturated heterocycles. The van der Waals surface area contributed by atoms with Gasteiger partial charge in [0.25, 0.3) is 0 Å². The van der Waals surface area contributed by atoms with Crippen LogP contribution in [-0.2, 0) is 6.42 Å². The van der Waals surface area contributed by atoms with Crippen LogP contribution < -0.4 is 0 Å². The summed E-state index contributed by atoms with van der Waals surface area (Å²) in [6, 6.07) is 6.77. The predicted octanol–water partition coefficient (Wildman–Crippen LogP) is 4.10. The lowest BCUT2D eigenvalue weighted by molar-refractivity contribution is 0.193. The average Bonchev–Trinajstić information content (AvgIpc) is 3.13. The van der Waals surface area contributed by atoms with E-state index in [4.69, 9.17) is 23.2 Å².